The van der Waals surface area contributed by atoms with Gasteiger partial charge in [0.2, 0.25) is 4.20 Å². The Hall–Kier alpha value is -1.05. The Morgan fingerprint density at radius 1 is 1.20 bits per heavy atom. The Balaban J connectivity index is 2.25. The Bertz CT molecular complexity index is 838. The van der Waals surface area contributed by atoms with Gasteiger partial charge in [-0.3, -0.25) is 10.7 Å². The first kappa shape index (κ1) is 18.7. The van der Waals surface area contributed by atoms with Crippen LogP contribution in [0.3, 0.4) is 0 Å². The first-order valence-corrected chi connectivity index (χ1v) is 10.6. The van der Waals surface area contributed by atoms with Crippen molar-refractivity contribution in [2.24, 2.45) is 16.6 Å². The highest BCUT2D eigenvalue weighted by atomic mass is 35.5. The second-order valence-electron chi connectivity index (χ2n) is 5.96. The standard InChI is InChI=1S/C17H16Cl2N4S2/c1-3-24-17(25-4-2)16(9-21)13(15(16,8-20)14(22)23-17)11-6-5-10(18)7-12(11)19/h5-7,13H,3-4H2,1-2H3,(H2,22,23)/p+1/t13-,15-,16-/m1/s1. The summed E-state index contributed by atoms with van der Waals surface area (Å²) in [6.45, 7) is 4.06. The number of thioether (sulfide) groups is 2. The van der Waals surface area contributed by atoms with E-state index in [9.17, 15) is 10.5 Å². The van der Waals surface area contributed by atoms with E-state index in [-0.39, 0.29) is 5.92 Å². The molecule has 3 N–H and O–H groups in total. The molecule has 0 saturated heterocycles. The van der Waals surface area contributed by atoms with Crippen LogP contribution < -0.4 is 10.7 Å². The first-order chi connectivity index (χ1) is 11.9. The first-order valence-electron chi connectivity index (χ1n) is 7.87. The second kappa shape index (κ2) is 6.28. The third-order valence-corrected chi connectivity index (χ3v) is 8.48. The lowest BCUT2D eigenvalue weighted by molar-refractivity contribution is -0.492. The van der Waals surface area contributed by atoms with Crippen molar-refractivity contribution in [1.82, 2.24) is 0 Å². The van der Waals surface area contributed by atoms with Crippen LogP contribution in [0.15, 0.2) is 18.2 Å². The van der Waals surface area contributed by atoms with E-state index >= 15 is 0 Å². The lowest BCUT2D eigenvalue weighted by Crippen LogP contribution is -2.86. The molecule has 0 bridgehead atoms. The van der Waals surface area contributed by atoms with Crippen molar-refractivity contribution >= 4 is 52.6 Å². The van der Waals surface area contributed by atoms with Crippen LogP contribution in [0.25, 0.3) is 0 Å². The highest BCUT2D eigenvalue weighted by Gasteiger charge is 2.95. The molecule has 1 aromatic carbocycles. The molecule has 0 aromatic heterocycles. The molecule has 4 nitrogen and oxygen atoms in total. The SMILES string of the molecule is CCSC1(SCC)[NH+]=C(N)[C@@]2(C#N)[C@@H](c3ccc(Cl)cc3Cl)[C@@]12C#N. The van der Waals surface area contributed by atoms with Gasteiger partial charge in [-0.15, -0.1) is 0 Å². The summed E-state index contributed by atoms with van der Waals surface area (Å²) in [6.07, 6.45) is 0. The number of nitrogens with two attached hydrogens (primary N) is 1. The van der Waals surface area contributed by atoms with E-state index in [2.05, 4.69) is 17.1 Å². The molecule has 8 heteroatoms. The third-order valence-electron chi connectivity index (χ3n) is 4.97. The molecule has 2 aliphatic rings. The van der Waals surface area contributed by atoms with Crippen LogP contribution in [0.5, 0.6) is 0 Å². The number of nitriles is 2. The predicted octanol–water partition coefficient (Wildman–Crippen LogP) is 2.72. The highest BCUT2D eigenvalue weighted by molar-refractivity contribution is 8.17. The van der Waals surface area contributed by atoms with Crippen LogP contribution in [-0.2, 0) is 0 Å². The third kappa shape index (κ3) is 2.12. The molecular weight excluding hydrogens is 395 g/mol. The molecule has 1 saturated carbocycles. The van der Waals surface area contributed by atoms with Gasteiger partial charge >= 0.3 is 0 Å². The van der Waals surface area contributed by atoms with Crippen molar-refractivity contribution in [2.45, 2.75) is 24.0 Å². The summed E-state index contributed by atoms with van der Waals surface area (Å²) in [4.78, 5) is 3.29. The number of hydrogen-bond acceptors (Lipinski definition) is 5. The number of fused-ring (bicyclic) bond motifs is 1. The number of amidine groups is 1. The van der Waals surface area contributed by atoms with E-state index in [4.69, 9.17) is 28.9 Å². The zero-order chi connectivity index (χ0) is 18.5. The summed E-state index contributed by atoms with van der Waals surface area (Å²) in [6, 6.07) is 10.0. The van der Waals surface area contributed by atoms with Gasteiger partial charge in [-0.2, -0.15) is 10.5 Å². The topological polar surface area (TPSA) is 87.6 Å². The molecule has 0 unspecified atom stereocenters. The molecule has 1 aliphatic heterocycles. The van der Waals surface area contributed by atoms with Gasteiger partial charge in [0, 0.05) is 16.0 Å². The van der Waals surface area contributed by atoms with E-state index in [1.54, 1.807) is 41.7 Å². The Morgan fingerprint density at radius 2 is 1.84 bits per heavy atom. The molecule has 1 heterocycles. The van der Waals surface area contributed by atoms with Crippen LogP contribution >= 0.6 is 46.7 Å². The van der Waals surface area contributed by atoms with Crippen LogP contribution in [0.1, 0.15) is 25.3 Å². The number of rotatable bonds is 5. The number of halogens is 2. The van der Waals surface area contributed by atoms with E-state index in [0.717, 1.165) is 17.1 Å². The molecule has 1 fully saturated rings. The van der Waals surface area contributed by atoms with Crippen molar-refractivity contribution < 1.29 is 4.99 Å². The molecule has 1 aliphatic carbocycles. The van der Waals surface area contributed by atoms with Crippen molar-refractivity contribution in [3.63, 3.8) is 0 Å². The zero-order valence-corrected chi connectivity index (χ0v) is 16.9. The second-order valence-corrected chi connectivity index (χ2v) is 10.0. The van der Waals surface area contributed by atoms with Crippen LogP contribution in [0.4, 0.5) is 0 Å². The maximum Gasteiger partial charge on any atom is 0.265 e. The lowest BCUT2D eigenvalue weighted by atomic mass is 9.97. The quantitative estimate of drug-likeness (QED) is 0.727. The van der Waals surface area contributed by atoms with Gasteiger partial charge in [0.15, 0.2) is 10.8 Å². The fourth-order valence-electron chi connectivity index (χ4n) is 4.06. The normalized spacial score (nSPS) is 31.6. The van der Waals surface area contributed by atoms with Crippen LogP contribution in [-0.4, -0.2) is 21.5 Å². The van der Waals surface area contributed by atoms with Gasteiger partial charge in [0.25, 0.3) is 5.84 Å². The van der Waals surface area contributed by atoms with E-state index < -0.39 is 15.0 Å². The number of hydrogen-bond donors (Lipinski definition) is 2. The molecule has 0 amide bonds. The van der Waals surface area contributed by atoms with Crippen molar-refractivity contribution in [3.05, 3.63) is 33.8 Å². The fraction of sp³-hybridized carbons (Fsp3) is 0.471. The van der Waals surface area contributed by atoms with Gasteiger partial charge in [-0.1, -0.05) is 66.6 Å². The molecule has 25 heavy (non-hydrogen) atoms. The summed E-state index contributed by atoms with van der Waals surface area (Å²) in [5, 5.41) is 21.3. The van der Waals surface area contributed by atoms with Crippen LogP contribution in [0, 0.1) is 33.5 Å². The van der Waals surface area contributed by atoms with Crippen molar-refractivity contribution in [3.8, 4) is 12.1 Å². The van der Waals surface area contributed by atoms with Crippen molar-refractivity contribution in [1.29, 1.82) is 10.5 Å². The highest BCUT2D eigenvalue weighted by Crippen LogP contribution is 2.82. The van der Waals surface area contributed by atoms with Crippen molar-refractivity contribution in [2.75, 3.05) is 11.5 Å². The van der Waals surface area contributed by atoms with Gasteiger partial charge < -0.3 is 0 Å². The summed E-state index contributed by atoms with van der Waals surface area (Å²) in [5.74, 6) is 1.55. The fourth-order valence-corrected chi connectivity index (χ4v) is 7.90. The van der Waals surface area contributed by atoms with E-state index in [1.165, 1.54) is 0 Å². The predicted molar refractivity (Wildman–Crippen MR) is 104 cm³/mol. The number of benzene rings is 1. The summed E-state index contributed by atoms with van der Waals surface area (Å²) in [5.41, 5.74) is 4.97. The van der Waals surface area contributed by atoms with Gasteiger partial charge in [-0.25, -0.2) is 0 Å². The minimum Gasteiger partial charge on any atom is -0.290 e. The largest absolute Gasteiger partial charge is 0.290 e. The average Bonchev–Trinajstić information content (AvgIpc) is 3.13. The zero-order valence-electron chi connectivity index (χ0n) is 13.8. The van der Waals surface area contributed by atoms with Crippen LogP contribution in [0.2, 0.25) is 10.0 Å². The molecule has 3 atom stereocenters. The summed E-state index contributed by atoms with van der Waals surface area (Å²) >= 11 is 15.7. The molecule has 0 radical (unpaired) electrons. The smallest absolute Gasteiger partial charge is 0.265 e. The molecular formula is C17H17Cl2N4S2+. The monoisotopic (exact) mass is 411 g/mol. The Morgan fingerprint density at radius 3 is 2.32 bits per heavy atom. The average molecular weight is 412 g/mol. The Kier molecular flexibility index (Phi) is 4.71. The summed E-state index contributed by atoms with van der Waals surface area (Å²) in [7, 11) is 0. The lowest BCUT2D eigenvalue weighted by Gasteiger charge is -2.29. The van der Waals surface area contributed by atoms with Gasteiger partial charge in [-0.05, 0) is 29.2 Å². The molecule has 130 valence electrons. The maximum atomic E-state index is 10.2. The van der Waals surface area contributed by atoms with Gasteiger partial charge in [0.05, 0.1) is 12.1 Å². The maximum absolute atomic E-state index is 10.2. The number of nitrogens with zero attached hydrogens (tertiary/aromatic N) is 2. The van der Waals surface area contributed by atoms with Gasteiger partial charge in [0.1, 0.15) is 0 Å². The minimum absolute atomic E-state index is 0.356. The molecule has 3 rings (SSSR count). The molecule has 0 spiro atoms. The Labute approximate surface area is 165 Å². The molecule has 1 aromatic rings. The van der Waals surface area contributed by atoms with E-state index in [0.29, 0.717) is 15.9 Å². The minimum atomic E-state index is -1.09. The van der Waals surface area contributed by atoms with E-state index in [1.807, 2.05) is 13.8 Å². The summed E-state index contributed by atoms with van der Waals surface area (Å²) < 4.78 is -0.682. The number of nitrogens with one attached hydrogen (secondary N) is 1.